The molecule has 0 saturated carbocycles. The summed E-state index contributed by atoms with van der Waals surface area (Å²) in [6, 6.07) is 2.84. The van der Waals surface area contributed by atoms with Gasteiger partial charge in [0.2, 0.25) is 0 Å². The Morgan fingerprint density at radius 3 is 2.82 bits per heavy atom. The lowest BCUT2D eigenvalue weighted by Gasteiger charge is -2.01. The normalized spacial score (nSPS) is 10.7. The number of rotatable bonds is 2. The first-order chi connectivity index (χ1) is 8.02. The summed E-state index contributed by atoms with van der Waals surface area (Å²) in [7, 11) is 0. The fraction of sp³-hybridized carbons (Fsp3) is 0.111. The molecular weight excluding hydrogens is 280 g/mol. The number of hydrogen-bond donors (Lipinski definition) is 1. The molecule has 2 aromatic rings. The topological polar surface area (TPSA) is 73.1 Å². The van der Waals surface area contributed by atoms with E-state index < -0.39 is 10.5 Å². The SMILES string of the molecule is CSc1nc(=O)c2cc(S)cc([N+](=O)[O-])c2s1. The second-order valence-corrected chi connectivity index (χ2v) is 5.66. The van der Waals surface area contributed by atoms with Crippen LogP contribution in [0.4, 0.5) is 5.69 Å². The van der Waals surface area contributed by atoms with Crippen LogP contribution in [0.15, 0.2) is 26.2 Å². The van der Waals surface area contributed by atoms with E-state index in [9.17, 15) is 14.9 Å². The van der Waals surface area contributed by atoms with E-state index in [2.05, 4.69) is 17.6 Å². The maximum absolute atomic E-state index is 11.7. The maximum atomic E-state index is 11.7. The van der Waals surface area contributed by atoms with Gasteiger partial charge in [0, 0.05) is 11.0 Å². The molecule has 0 spiro atoms. The lowest BCUT2D eigenvalue weighted by atomic mass is 10.2. The Kier molecular flexibility index (Phi) is 3.36. The van der Waals surface area contributed by atoms with Crippen LogP contribution in [-0.4, -0.2) is 16.2 Å². The van der Waals surface area contributed by atoms with Crippen LogP contribution in [0.5, 0.6) is 0 Å². The third-order valence-electron chi connectivity index (χ3n) is 2.04. The maximum Gasteiger partial charge on any atom is 0.288 e. The summed E-state index contributed by atoms with van der Waals surface area (Å²) < 4.78 is 0.856. The number of hydrogen-bond acceptors (Lipinski definition) is 7. The van der Waals surface area contributed by atoms with Crippen molar-refractivity contribution in [2.45, 2.75) is 9.24 Å². The van der Waals surface area contributed by atoms with Crippen molar-refractivity contribution < 1.29 is 4.92 Å². The zero-order valence-corrected chi connectivity index (χ0v) is 11.1. The Labute approximate surface area is 109 Å². The van der Waals surface area contributed by atoms with Crippen LogP contribution < -0.4 is 5.56 Å². The first-order valence-corrected chi connectivity index (χ1v) is 6.88. The molecule has 1 aromatic carbocycles. The first kappa shape index (κ1) is 12.3. The highest BCUT2D eigenvalue weighted by Gasteiger charge is 2.17. The molecule has 1 aromatic heterocycles. The lowest BCUT2D eigenvalue weighted by molar-refractivity contribution is -0.383. The third kappa shape index (κ3) is 2.28. The van der Waals surface area contributed by atoms with E-state index >= 15 is 0 Å². The largest absolute Gasteiger partial charge is 0.288 e. The van der Waals surface area contributed by atoms with Crippen LogP contribution in [-0.2, 0) is 0 Å². The number of thiol groups is 1. The number of benzene rings is 1. The molecule has 0 amide bonds. The molecule has 0 radical (unpaired) electrons. The Bertz CT molecular complexity index is 668. The molecule has 1 heterocycles. The molecule has 0 atom stereocenters. The summed E-state index contributed by atoms with van der Waals surface area (Å²) in [5.74, 6) is 0. The van der Waals surface area contributed by atoms with Crippen molar-refractivity contribution in [3.63, 3.8) is 0 Å². The Morgan fingerprint density at radius 2 is 2.24 bits per heavy atom. The Morgan fingerprint density at radius 1 is 1.53 bits per heavy atom. The molecule has 88 valence electrons. The van der Waals surface area contributed by atoms with E-state index in [1.54, 1.807) is 6.26 Å². The van der Waals surface area contributed by atoms with Gasteiger partial charge in [0.1, 0.15) is 4.70 Å². The van der Waals surface area contributed by atoms with Crippen molar-refractivity contribution in [3.05, 3.63) is 32.6 Å². The van der Waals surface area contributed by atoms with Gasteiger partial charge in [-0.05, 0) is 12.3 Å². The van der Waals surface area contributed by atoms with Gasteiger partial charge in [-0.1, -0.05) is 11.8 Å². The molecule has 0 bridgehead atoms. The van der Waals surface area contributed by atoms with Gasteiger partial charge in [0.15, 0.2) is 4.34 Å². The molecule has 0 saturated heterocycles. The summed E-state index contributed by atoms with van der Waals surface area (Å²) in [6.45, 7) is 0. The molecule has 0 aliphatic heterocycles. The standard InChI is InChI=1S/C9H6N2O3S3/c1-16-9-10-8(12)5-2-4(15)3-6(11(13)14)7(5)17-9/h2-3,15H,1H3. The van der Waals surface area contributed by atoms with Gasteiger partial charge in [0.25, 0.3) is 11.2 Å². The van der Waals surface area contributed by atoms with Gasteiger partial charge in [0.05, 0.1) is 10.3 Å². The van der Waals surface area contributed by atoms with Crippen molar-refractivity contribution in [2.24, 2.45) is 0 Å². The molecule has 5 nitrogen and oxygen atoms in total. The van der Waals surface area contributed by atoms with Crippen LogP contribution in [0.2, 0.25) is 0 Å². The molecule has 17 heavy (non-hydrogen) atoms. The molecule has 0 N–H and O–H groups in total. The van der Waals surface area contributed by atoms with Gasteiger partial charge in [-0.25, -0.2) is 0 Å². The molecular formula is C9H6N2O3S3. The van der Waals surface area contributed by atoms with Crippen molar-refractivity contribution in [1.82, 2.24) is 4.98 Å². The number of fused-ring (bicyclic) bond motifs is 1. The third-order valence-corrected chi connectivity index (χ3v) is 4.39. The van der Waals surface area contributed by atoms with Crippen molar-refractivity contribution in [3.8, 4) is 0 Å². The predicted molar refractivity (Wildman–Crippen MR) is 71.6 cm³/mol. The van der Waals surface area contributed by atoms with Gasteiger partial charge in [-0.15, -0.1) is 24.0 Å². The number of nitro groups is 1. The van der Waals surface area contributed by atoms with Crippen LogP contribution in [0, 0.1) is 10.1 Å². The van der Waals surface area contributed by atoms with Crippen molar-refractivity contribution >= 4 is 51.5 Å². The van der Waals surface area contributed by atoms with Gasteiger partial charge >= 0.3 is 0 Å². The van der Waals surface area contributed by atoms with E-state index in [1.807, 2.05) is 0 Å². The minimum atomic E-state index is -0.512. The van der Waals surface area contributed by atoms with Gasteiger partial charge < -0.3 is 0 Å². The highest BCUT2D eigenvalue weighted by molar-refractivity contribution is 8.00. The van der Waals surface area contributed by atoms with Crippen LogP contribution in [0.1, 0.15) is 0 Å². The second-order valence-electron chi connectivity index (χ2n) is 3.09. The molecule has 8 heteroatoms. The molecule has 0 unspecified atom stereocenters. The van der Waals surface area contributed by atoms with Gasteiger partial charge in [-0.3, -0.25) is 14.9 Å². The van der Waals surface area contributed by atoms with Crippen LogP contribution in [0.3, 0.4) is 0 Å². The van der Waals surface area contributed by atoms with E-state index in [1.165, 1.54) is 23.9 Å². The monoisotopic (exact) mass is 286 g/mol. The van der Waals surface area contributed by atoms with Crippen molar-refractivity contribution in [2.75, 3.05) is 6.26 Å². The average molecular weight is 286 g/mol. The zero-order chi connectivity index (χ0) is 12.6. The number of nitro benzene ring substituents is 1. The fourth-order valence-corrected chi connectivity index (χ4v) is 3.15. The minimum Gasteiger partial charge on any atom is -0.267 e. The number of non-ortho nitro benzene ring substituents is 1. The second kappa shape index (κ2) is 4.63. The van der Waals surface area contributed by atoms with Crippen LogP contribution >= 0.6 is 35.7 Å². The number of aromatic nitrogens is 1. The fourth-order valence-electron chi connectivity index (χ4n) is 1.34. The summed E-state index contributed by atoms with van der Waals surface area (Å²) >= 11 is 6.48. The van der Waals surface area contributed by atoms with Crippen molar-refractivity contribution in [1.29, 1.82) is 0 Å². The summed E-state index contributed by atoms with van der Waals surface area (Å²) in [4.78, 5) is 26.3. The van der Waals surface area contributed by atoms with Crippen LogP contribution in [0.25, 0.3) is 10.1 Å². The molecule has 0 fully saturated rings. The quantitative estimate of drug-likeness (QED) is 0.397. The average Bonchev–Trinajstić information content (AvgIpc) is 2.28. The zero-order valence-electron chi connectivity index (χ0n) is 8.54. The van der Waals surface area contributed by atoms with E-state index in [0.717, 1.165) is 11.3 Å². The molecule has 0 aliphatic carbocycles. The predicted octanol–water partition coefficient (Wildman–Crippen LogP) is 2.58. The lowest BCUT2D eigenvalue weighted by Crippen LogP contribution is -2.06. The molecule has 2 rings (SSSR count). The Balaban J connectivity index is 2.95. The summed E-state index contributed by atoms with van der Waals surface area (Å²) in [6.07, 6.45) is 1.77. The minimum absolute atomic E-state index is 0.104. The van der Waals surface area contributed by atoms with E-state index in [4.69, 9.17) is 0 Å². The summed E-state index contributed by atoms with van der Waals surface area (Å²) in [5.41, 5.74) is -0.561. The smallest absolute Gasteiger partial charge is 0.267 e. The first-order valence-electron chi connectivity index (χ1n) is 4.39. The Hall–Kier alpha value is -1.12. The van der Waals surface area contributed by atoms with Gasteiger partial charge in [-0.2, -0.15) is 4.98 Å². The number of nitrogens with zero attached hydrogens (tertiary/aromatic N) is 2. The highest BCUT2D eigenvalue weighted by Crippen LogP contribution is 2.33. The van der Waals surface area contributed by atoms with E-state index in [-0.39, 0.29) is 11.1 Å². The van der Waals surface area contributed by atoms with E-state index in [0.29, 0.717) is 13.9 Å². The number of thioether (sulfide) groups is 1. The summed E-state index contributed by atoms with van der Waals surface area (Å²) in [5, 5.41) is 11.2. The highest BCUT2D eigenvalue weighted by atomic mass is 32.2. The molecule has 0 aliphatic rings.